The summed E-state index contributed by atoms with van der Waals surface area (Å²) in [6.07, 6.45) is 3.66. The fourth-order valence-corrected chi connectivity index (χ4v) is 0.987. The molecule has 0 unspecified atom stereocenters. The van der Waals surface area contributed by atoms with E-state index in [1.165, 1.54) is 0 Å². The Morgan fingerprint density at radius 3 is 2.25 bits per heavy atom. The Morgan fingerprint density at radius 2 is 1.83 bits per heavy atom. The van der Waals surface area contributed by atoms with E-state index < -0.39 is 0 Å². The van der Waals surface area contributed by atoms with Crippen LogP contribution in [0.25, 0.3) is 0 Å². The van der Waals surface area contributed by atoms with E-state index in [-0.39, 0.29) is 0 Å². The van der Waals surface area contributed by atoms with Gasteiger partial charge in [-0.1, -0.05) is 0 Å². The highest BCUT2D eigenvalue weighted by molar-refractivity contribution is 4.98. The molecule has 0 amide bonds. The van der Waals surface area contributed by atoms with Crippen molar-refractivity contribution >= 4 is 0 Å². The molecule has 1 aromatic heterocycles. The Kier molecular flexibility index (Phi) is 2.43. The van der Waals surface area contributed by atoms with Crippen molar-refractivity contribution in [3.63, 3.8) is 0 Å². The zero-order valence-corrected chi connectivity index (χ0v) is 8.20. The topological polar surface area (TPSA) is 25.8 Å². The van der Waals surface area contributed by atoms with Crippen LogP contribution in [0, 0.1) is 6.92 Å². The molecule has 0 aliphatic heterocycles. The summed E-state index contributed by atoms with van der Waals surface area (Å²) in [6, 6.07) is 0. The summed E-state index contributed by atoms with van der Waals surface area (Å²) < 4.78 is 0.887. The van der Waals surface area contributed by atoms with Crippen LogP contribution in [0.1, 0.15) is 11.4 Å². The van der Waals surface area contributed by atoms with Crippen molar-refractivity contribution in [2.24, 2.45) is 0 Å². The SMILES string of the molecule is Cc1cnc(C[N+](C)(C)C)cn1. The molecule has 3 heteroatoms. The van der Waals surface area contributed by atoms with Crippen molar-refractivity contribution in [2.75, 3.05) is 21.1 Å². The fraction of sp³-hybridized carbons (Fsp3) is 0.556. The lowest BCUT2D eigenvalue weighted by atomic mass is 10.4. The third-order valence-corrected chi connectivity index (χ3v) is 1.47. The summed E-state index contributed by atoms with van der Waals surface area (Å²) in [5, 5.41) is 0. The molecule has 12 heavy (non-hydrogen) atoms. The number of quaternary nitrogens is 1. The fourth-order valence-electron chi connectivity index (χ4n) is 0.987. The molecular weight excluding hydrogens is 150 g/mol. The van der Waals surface area contributed by atoms with Gasteiger partial charge in [-0.25, -0.2) is 0 Å². The highest BCUT2D eigenvalue weighted by Gasteiger charge is 2.08. The molecule has 0 radical (unpaired) electrons. The van der Waals surface area contributed by atoms with E-state index in [4.69, 9.17) is 0 Å². The number of rotatable bonds is 2. The molecule has 1 rings (SSSR count). The van der Waals surface area contributed by atoms with Gasteiger partial charge in [-0.3, -0.25) is 9.97 Å². The minimum atomic E-state index is 0.887. The van der Waals surface area contributed by atoms with E-state index in [0.29, 0.717) is 0 Å². The van der Waals surface area contributed by atoms with Crippen LogP contribution in [0.15, 0.2) is 12.4 Å². The van der Waals surface area contributed by atoms with Gasteiger partial charge < -0.3 is 4.48 Å². The Balaban J connectivity index is 2.71. The van der Waals surface area contributed by atoms with Crippen molar-refractivity contribution in [2.45, 2.75) is 13.5 Å². The molecule has 1 heterocycles. The first-order chi connectivity index (χ1) is 5.47. The van der Waals surface area contributed by atoms with Crippen LogP contribution >= 0.6 is 0 Å². The first-order valence-corrected chi connectivity index (χ1v) is 4.05. The number of aromatic nitrogens is 2. The third kappa shape index (κ3) is 2.96. The lowest BCUT2D eigenvalue weighted by Crippen LogP contribution is -2.33. The molecular formula is C9H16N3+. The molecule has 0 aromatic carbocycles. The van der Waals surface area contributed by atoms with Crippen molar-refractivity contribution in [1.29, 1.82) is 0 Å². The smallest absolute Gasteiger partial charge is 0.123 e. The molecule has 1 aromatic rings. The summed E-state index contributed by atoms with van der Waals surface area (Å²) in [5.41, 5.74) is 2.02. The van der Waals surface area contributed by atoms with Gasteiger partial charge in [0.15, 0.2) is 0 Å². The van der Waals surface area contributed by atoms with E-state index in [1.807, 2.05) is 19.3 Å². The van der Waals surface area contributed by atoms with Crippen LogP contribution in [0.4, 0.5) is 0 Å². The number of hydrogen-bond donors (Lipinski definition) is 0. The molecule has 0 bridgehead atoms. The quantitative estimate of drug-likeness (QED) is 0.612. The van der Waals surface area contributed by atoms with Crippen molar-refractivity contribution in [3.8, 4) is 0 Å². The molecule has 0 fully saturated rings. The zero-order chi connectivity index (χ0) is 9.19. The van der Waals surface area contributed by atoms with Gasteiger partial charge in [0.1, 0.15) is 12.2 Å². The van der Waals surface area contributed by atoms with Gasteiger partial charge in [0.25, 0.3) is 0 Å². The van der Waals surface area contributed by atoms with Crippen LogP contribution in [0.2, 0.25) is 0 Å². The second-order valence-electron chi connectivity index (χ2n) is 4.10. The van der Waals surface area contributed by atoms with Gasteiger partial charge in [-0.05, 0) is 6.92 Å². The van der Waals surface area contributed by atoms with Gasteiger partial charge in [-0.15, -0.1) is 0 Å². The molecule has 0 atom stereocenters. The lowest BCUT2D eigenvalue weighted by molar-refractivity contribution is -0.884. The van der Waals surface area contributed by atoms with Crippen LogP contribution in [-0.2, 0) is 6.54 Å². The van der Waals surface area contributed by atoms with Crippen molar-refractivity contribution in [3.05, 3.63) is 23.8 Å². The summed E-state index contributed by atoms with van der Waals surface area (Å²) in [4.78, 5) is 8.48. The Morgan fingerprint density at radius 1 is 1.17 bits per heavy atom. The maximum absolute atomic E-state index is 4.29. The highest BCUT2D eigenvalue weighted by atomic mass is 15.3. The normalized spacial score (nSPS) is 11.7. The molecule has 0 aliphatic carbocycles. The van der Waals surface area contributed by atoms with Crippen LogP contribution in [0.5, 0.6) is 0 Å². The molecule has 66 valence electrons. The maximum atomic E-state index is 4.29. The second-order valence-corrected chi connectivity index (χ2v) is 4.10. The summed E-state index contributed by atoms with van der Waals surface area (Å²) in [7, 11) is 6.42. The standard InChI is InChI=1S/C9H16N3/c1-8-5-11-9(6-10-8)7-12(2,3)4/h5-6H,7H2,1-4H3/q+1. The summed E-state index contributed by atoms with van der Waals surface area (Å²) >= 11 is 0. The van der Waals surface area contributed by atoms with E-state index in [9.17, 15) is 0 Å². The Bertz CT molecular complexity index is 245. The highest BCUT2D eigenvalue weighted by Crippen LogP contribution is 2.01. The van der Waals surface area contributed by atoms with E-state index in [0.717, 1.165) is 22.4 Å². The summed E-state index contributed by atoms with van der Waals surface area (Å²) in [6.45, 7) is 2.87. The molecule has 0 saturated carbocycles. The van der Waals surface area contributed by atoms with E-state index in [1.54, 1.807) is 0 Å². The monoisotopic (exact) mass is 166 g/mol. The molecule has 0 aliphatic rings. The Labute approximate surface area is 73.7 Å². The minimum absolute atomic E-state index is 0.887. The predicted octanol–water partition coefficient (Wildman–Crippen LogP) is 0.991. The minimum Gasteiger partial charge on any atom is -0.326 e. The van der Waals surface area contributed by atoms with Crippen molar-refractivity contribution in [1.82, 2.24) is 9.97 Å². The van der Waals surface area contributed by atoms with Crippen LogP contribution < -0.4 is 0 Å². The molecule has 0 spiro atoms. The van der Waals surface area contributed by atoms with Gasteiger partial charge in [0.2, 0.25) is 0 Å². The largest absolute Gasteiger partial charge is 0.326 e. The molecule has 0 saturated heterocycles. The first-order valence-electron chi connectivity index (χ1n) is 4.05. The summed E-state index contributed by atoms with van der Waals surface area (Å²) in [5.74, 6) is 0. The van der Waals surface area contributed by atoms with E-state index >= 15 is 0 Å². The average Bonchev–Trinajstić information content (AvgIpc) is 1.91. The van der Waals surface area contributed by atoms with E-state index in [2.05, 4.69) is 31.1 Å². The van der Waals surface area contributed by atoms with Gasteiger partial charge >= 0.3 is 0 Å². The predicted molar refractivity (Wildman–Crippen MR) is 48.5 cm³/mol. The second kappa shape index (κ2) is 3.19. The number of aryl methyl sites for hydroxylation is 1. The third-order valence-electron chi connectivity index (χ3n) is 1.47. The number of nitrogens with zero attached hydrogens (tertiary/aromatic N) is 3. The first kappa shape index (κ1) is 9.13. The maximum Gasteiger partial charge on any atom is 0.123 e. The van der Waals surface area contributed by atoms with Gasteiger partial charge in [0, 0.05) is 6.20 Å². The zero-order valence-electron chi connectivity index (χ0n) is 8.20. The van der Waals surface area contributed by atoms with Gasteiger partial charge in [0.05, 0.1) is 33.0 Å². The van der Waals surface area contributed by atoms with Crippen LogP contribution in [-0.4, -0.2) is 35.6 Å². The Hall–Kier alpha value is -0.960. The molecule has 0 N–H and O–H groups in total. The van der Waals surface area contributed by atoms with Crippen LogP contribution in [0.3, 0.4) is 0 Å². The number of hydrogen-bond acceptors (Lipinski definition) is 2. The molecule has 3 nitrogen and oxygen atoms in total. The average molecular weight is 166 g/mol. The lowest BCUT2D eigenvalue weighted by Gasteiger charge is -2.22. The van der Waals surface area contributed by atoms with Crippen molar-refractivity contribution < 1.29 is 4.48 Å². The van der Waals surface area contributed by atoms with Gasteiger partial charge in [-0.2, -0.15) is 0 Å².